The lowest BCUT2D eigenvalue weighted by atomic mass is 10.0. The molecule has 3 N–H and O–H groups in total. The molecule has 21 heavy (non-hydrogen) atoms. The van der Waals surface area contributed by atoms with Crippen LogP contribution in [-0.4, -0.2) is 27.4 Å². The summed E-state index contributed by atoms with van der Waals surface area (Å²) in [6.45, 7) is 7.68. The molecule has 0 atom stereocenters. The highest BCUT2D eigenvalue weighted by Crippen LogP contribution is 2.28. The second-order valence-electron chi connectivity index (χ2n) is 4.87. The fraction of sp³-hybridized carbons (Fsp3) is 0.267. The van der Waals surface area contributed by atoms with Crippen molar-refractivity contribution in [3.05, 3.63) is 42.1 Å². The average Bonchev–Trinajstić information content (AvgIpc) is 2.90. The van der Waals surface area contributed by atoms with Gasteiger partial charge in [-0.15, -0.1) is 6.58 Å². The van der Waals surface area contributed by atoms with Crippen LogP contribution in [0, 0.1) is 0 Å². The predicted molar refractivity (Wildman–Crippen MR) is 80.0 cm³/mol. The molecule has 1 aromatic heterocycles. The maximum absolute atomic E-state index is 11.3. The van der Waals surface area contributed by atoms with Crippen LogP contribution in [0.25, 0.3) is 11.3 Å². The molecule has 2 aromatic rings. The van der Waals surface area contributed by atoms with E-state index in [0.29, 0.717) is 12.1 Å². The number of H-pyrrole nitrogens is 1. The summed E-state index contributed by atoms with van der Waals surface area (Å²) in [6, 6.07) is 5.59. The number of aromatic amines is 1. The van der Waals surface area contributed by atoms with Gasteiger partial charge >= 0.3 is 0 Å². The molecule has 1 heterocycles. The van der Waals surface area contributed by atoms with Crippen molar-refractivity contribution in [1.82, 2.24) is 15.4 Å². The predicted octanol–water partition coefficient (Wildman–Crippen LogP) is 2.09. The number of aromatic nitrogens is 3. The largest absolute Gasteiger partial charge is 0.491 e. The van der Waals surface area contributed by atoms with E-state index in [1.807, 2.05) is 32.0 Å². The quantitative estimate of drug-likeness (QED) is 0.795. The first-order valence-corrected chi connectivity index (χ1v) is 6.64. The van der Waals surface area contributed by atoms with Crippen molar-refractivity contribution in [2.45, 2.75) is 26.4 Å². The Balaban J connectivity index is 2.46. The van der Waals surface area contributed by atoms with Gasteiger partial charge in [0.05, 0.1) is 6.10 Å². The standard InChI is InChI=1S/C15H18N4O2/c1-4-5-10-8-11(6-7-12(10)21-9(2)3)13-14(15(16)20)18-19-17-13/h4,6-9H,1,5H2,2-3H3,(H2,16,20)(H,17,18,19). The van der Waals surface area contributed by atoms with Crippen molar-refractivity contribution >= 4 is 5.91 Å². The van der Waals surface area contributed by atoms with Gasteiger partial charge in [-0.3, -0.25) is 4.79 Å². The Kier molecular flexibility index (Phi) is 4.37. The number of amides is 1. The second kappa shape index (κ2) is 6.21. The zero-order valence-corrected chi connectivity index (χ0v) is 12.1. The van der Waals surface area contributed by atoms with Gasteiger partial charge in [0.1, 0.15) is 11.4 Å². The summed E-state index contributed by atoms with van der Waals surface area (Å²) < 4.78 is 5.76. The van der Waals surface area contributed by atoms with Gasteiger partial charge in [0.2, 0.25) is 0 Å². The van der Waals surface area contributed by atoms with Crippen molar-refractivity contribution in [2.75, 3.05) is 0 Å². The zero-order valence-electron chi connectivity index (χ0n) is 12.1. The zero-order chi connectivity index (χ0) is 15.4. The molecule has 0 radical (unpaired) electrons. The van der Waals surface area contributed by atoms with Crippen molar-refractivity contribution in [3.63, 3.8) is 0 Å². The molecule has 0 saturated heterocycles. The van der Waals surface area contributed by atoms with Crippen LogP contribution in [0.15, 0.2) is 30.9 Å². The van der Waals surface area contributed by atoms with Gasteiger partial charge < -0.3 is 10.5 Å². The van der Waals surface area contributed by atoms with E-state index in [1.54, 1.807) is 6.08 Å². The number of hydrogen-bond acceptors (Lipinski definition) is 4. The van der Waals surface area contributed by atoms with Crippen LogP contribution in [0.2, 0.25) is 0 Å². The molecule has 6 nitrogen and oxygen atoms in total. The van der Waals surface area contributed by atoms with Gasteiger partial charge in [0, 0.05) is 5.56 Å². The number of nitrogens with zero attached hydrogens (tertiary/aromatic N) is 2. The van der Waals surface area contributed by atoms with Gasteiger partial charge in [-0.05, 0) is 44.0 Å². The molecule has 0 aliphatic carbocycles. The van der Waals surface area contributed by atoms with Crippen molar-refractivity contribution < 1.29 is 9.53 Å². The summed E-state index contributed by atoms with van der Waals surface area (Å²) in [5.41, 5.74) is 7.57. The summed E-state index contributed by atoms with van der Waals surface area (Å²) in [4.78, 5) is 11.3. The summed E-state index contributed by atoms with van der Waals surface area (Å²) in [5.74, 6) is 0.171. The highest BCUT2D eigenvalue weighted by atomic mass is 16.5. The molecule has 0 fully saturated rings. The van der Waals surface area contributed by atoms with Crippen molar-refractivity contribution in [3.8, 4) is 17.0 Å². The number of primary amides is 1. The number of ether oxygens (including phenoxy) is 1. The van der Waals surface area contributed by atoms with Crippen molar-refractivity contribution in [1.29, 1.82) is 0 Å². The van der Waals surface area contributed by atoms with E-state index < -0.39 is 5.91 Å². The smallest absolute Gasteiger partial charge is 0.271 e. The Morgan fingerprint density at radius 2 is 2.24 bits per heavy atom. The van der Waals surface area contributed by atoms with Gasteiger partial charge in [0.25, 0.3) is 5.91 Å². The number of carbonyl (C=O) groups is 1. The third kappa shape index (κ3) is 3.28. The highest BCUT2D eigenvalue weighted by molar-refractivity contribution is 5.96. The second-order valence-corrected chi connectivity index (χ2v) is 4.87. The molecule has 0 spiro atoms. The van der Waals surface area contributed by atoms with Crippen LogP contribution >= 0.6 is 0 Å². The van der Waals surface area contributed by atoms with Crippen LogP contribution in [0.3, 0.4) is 0 Å². The van der Waals surface area contributed by atoms with E-state index >= 15 is 0 Å². The van der Waals surface area contributed by atoms with Crippen molar-refractivity contribution in [2.24, 2.45) is 5.73 Å². The summed E-state index contributed by atoms with van der Waals surface area (Å²) >= 11 is 0. The fourth-order valence-corrected chi connectivity index (χ4v) is 2.01. The summed E-state index contributed by atoms with van der Waals surface area (Å²) in [6.07, 6.45) is 2.52. The summed E-state index contributed by atoms with van der Waals surface area (Å²) in [5, 5.41) is 10.2. The molecule has 110 valence electrons. The molecular formula is C15H18N4O2. The molecule has 1 aromatic carbocycles. The number of nitrogens with two attached hydrogens (primary N) is 1. The first kappa shape index (κ1) is 14.8. The third-order valence-corrected chi connectivity index (χ3v) is 2.84. The fourth-order valence-electron chi connectivity index (χ4n) is 2.01. The number of rotatable bonds is 6. The van der Waals surface area contributed by atoms with E-state index in [9.17, 15) is 4.79 Å². The Morgan fingerprint density at radius 3 is 2.86 bits per heavy atom. The Hall–Kier alpha value is -2.63. The molecule has 0 bridgehead atoms. The minimum atomic E-state index is -0.619. The van der Waals surface area contributed by atoms with E-state index in [0.717, 1.165) is 16.9 Å². The number of nitrogens with one attached hydrogen (secondary N) is 1. The van der Waals surface area contributed by atoms with Crippen LogP contribution in [0.5, 0.6) is 5.75 Å². The number of carbonyl (C=O) groups excluding carboxylic acids is 1. The van der Waals surface area contributed by atoms with E-state index in [4.69, 9.17) is 10.5 Å². The third-order valence-electron chi connectivity index (χ3n) is 2.84. The number of allylic oxidation sites excluding steroid dienone is 1. The monoisotopic (exact) mass is 286 g/mol. The Bertz CT molecular complexity index is 661. The average molecular weight is 286 g/mol. The Morgan fingerprint density at radius 1 is 1.48 bits per heavy atom. The minimum Gasteiger partial charge on any atom is -0.491 e. The number of benzene rings is 1. The minimum absolute atomic E-state index is 0.0765. The van der Waals surface area contributed by atoms with E-state index in [1.165, 1.54) is 0 Å². The van der Waals surface area contributed by atoms with Crippen LogP contribution in [0.4, 0.5) is 0 Å². The SMILES string of the molecule is C=CCc1cc(-c2n[nH]nc2C(N)=O)ccc1OC(C)C. The molecule has 2 rings (SSSR count). The maximum Gasteiger partial charge on any atom is 0.271 e. The van der Waals surface area contributed by atoms with Crippen LogP contribution in [0.1, 0.15) is 29.9 Å². The van der Waals surface area contributed by atoms with Gasteiger partial charge in [-0.1, -0.05) is 6.08 Å². The normalized spacial score (nSPS) is 10.6. The molecule has 6 heteroatoms. The molecule has 0 unspecified atom stereocenters. The Labute approximate surface area is 123 Å². The maximum atomic E-state index is 11.3. The lowest BCUT2D eigenvalue weighted by molar-refractivity contribution is 0.0996. The molecule has 1 amide bonds. The van der Waals surface area contributed by atoms with Gasteiger partial charge in [-0.25, -0.2) is 0 Å². The first-order chi connectivity index (χ1) is 10.0. The van der Waals surface area contributed by atoms with Gasteiger partial charge in [-0.2, -0.15) is 15.4 Å². The van der Waals surface area contributed by atoms with Crippen LogP contribution in [-0.2, 0) is 6.42 Å². The van der Waals surface area contributed by atoms with Crippen LogP contribution < -0.4 is 10.5 Å². The molecular weight excluding hydrogens is 268 g/mol. The molecule has 0 aliphatic rings. The van der Waals surface area contributed by atoms with E-state index in [-0.39, 0.29) is 11.8 Å². The lowest BCUT2D eigenvalue weighted by Gasteiger charge is -2.14. The molecule has 0 saturated carbocycles. The van der Waals surface area contributed by atoms with E-state index in [2.05, 4.69) is 22.0 Å². The molecule has 0 aliphatic heterocycles. The number of hydrogen-bond donors (Lipinski definition) is 2. The van der Waals surface area contributed by atoms with Gasteiger partial charge in [0.15, 0.2) is 5.69 Å². The lowest BCUT2D eigenvalue weighted by Crippen LogP contribution is -2.13. The first-order valence-electron chi connectivity index (χ1n) is 6.64. The topological polar surface area (TPSA) is 93.9 Å². The summed E-state index contributed by atoms with van der Waals surface area (Å²) in [7, 11) is 0. The highest BCUT2D eigenvalue weighted by Gasteiger charge is 2.16.